The zero-order chi connectivity index (χ0) is 19.9. The lowest BCUT2D eigenvalue weighted by Crippen LogP contribution is -2.35. The lowest BCUT2D eigenvalue weighted by Gasteiger charge is -2.12. The van der Waals surface area contributed by atoms with E-state index in [0.717, 1.165) is 5.39 Å². The predicted octanol–water partition coefficient (Wildman–Crippen LogP) is 3.86. The van der Waals surface area contributed by atoms with Crippen LogP contribution < -0.4 is 10.1 Å². The molecule has 6 nitrogen and oxygen atoms in total. The Kier molecular flexibility index (Phi) is 6.11. The Labute approximate surface area is 162 Å². The van der Waals surface area contributed by atoms with Gasteiger partial charge in [0.25, 0.3) is 5.91 Å². The normalized spacial score (nSPS) is 11.6. The Morgan fingerprint density at radius 1 is 1.14 bits per heavy atom. The fourth-order valence-electron chi connectivity index (χ4n) is 2.66. The molecule has 1 N–H and O–H groups in total. The molecule has 0 bridgehead atoms. The van der Waals surface area contributed by atoms with E-state index in [4.69, 9.17) is 13.9 Å². The van der Waals surface area contributed by atoms with E-state index in [9.17, 15) is 9.59 Å². The molecule has 1 atom stereocenters. The number of carbonyl (C=O) groups is 2. The van der Waals surface area contributed by atoms with Gasteiger partial charge in [0, 0.05) is 11.9 Å². The highest BCUT2D eigenvalue weighted by Crippen LogP contribution is 2.28. The van der Waals surface area contributed by atoms with Crippen LogP contribution in [0.3, 0.4) is 0 Å². The van der Waals surface area contributed by atoms with E-state index in [0.29, 0.717) is 23.4 Å². The van der Waals surface area contributed by atoms with E-state index in [1.54, 1.807) is 12.1 Å². The third-order valence-electron chi connectivity index (χ3n) is 4.08. The molecule has 144 valence electrons. The van der Waals surface area contributed by atoms with Gasteiger partial charge in [0.05, 0.1) is 5.56 Å². The smallest absolute Gasteiger partial charge is 0.375 e. The van der Waals surface area contributed by atoms with Crippen molar-refractivity contribution in [2.45, 2.75) is 19.6 Å². The van der Waals surface area contributed by atoms with E-state index in [-0.39, 0.29) is 12.4 Å². The van der Waals surface area contributed by atoms with Crippen LogP contribution in [0.15, 0.2) is 71.7 Å². The number of hydrogen-bond donors (Lipinski definition) is 1. The number of fused-ring (bicyclic) bond motifs is 1. The van der Waals surface area contributed by atoms with Crippen molar-refractivity contribution in [2.24, 2.45) is 0 Å². The largest absolute Gasteiger partial charge is 0.489 e. The van der Waals surface area contributed by atoms with Gasteiger partial charge in [-0.15, -0.1) is 6.58 Å². The predicted molar refractivity (Wildman–Crippen MR) is 105 cm³/mol. The Hall–Kier alpha value is -3.54. The second kappa shape index (κ2) is 8.90. The summed E-state index contributed by atoms with van der Waals surface area (Å²) in [5, 5.41) is 3.35. The van der Waals surface area contributed by atoms with Gasteiger partial charge in [-0.1, -0.05) is 42.5 Å². The van der Waals surface area contributed by atoms with Crippen LogP contribution in [0.4, 0.5) is 0 Å². The first-order valence-electron chi connectivity index (χ1n) is 8.88. The average molecular weight is 379 g/mol. The van der Waals surface area contributed by atoms with Crippen LogP contribution in [0, 0.1) is 0 Å². The van der Waals surface area contributed by atoms with Crippen molar-refractivity contribution in [2.75, 3.05) is 6.54 Å². The number of amides is 1. The molecule has 0 saturated carbocycles. The number of esters is 1. The summed E-state index contributed by atoms with van der Waals surface area (Å²) in [7, 11) is 0. The molecule has 0 unspecified atom stereocenters. The summed E-state index contributed by atoms with van der Waals surface area (Å²) in [6, 6.07) is 16.5. The molecule has 1 amide bonds. The molecule has 28 heavy (non-hydrogen) atoms. The van der Waals surface area contributed by atoms with Gasteiger partial charge in [-0.05, 0) is 25.1 Å². The minimum Gasteiger partial charge on any atom is -0.489 e. The van der Waals surface area contributed by atoms with E-state index >= 15 is 0 Å². The molecule has 2 aromatic carbocycles. The highest BCUT2D eigenvalue weighted by atomic mass is 16.6. The number of carbonyl (C=O) groups excluding carboxylic acids is 2. The van der Waals surface area contributed by atoms with E-state index in [1.807, 2.05) is 48.5 Å². The fraction of sp³-hybridized carbons (Fsp3) is 0.182. The summed E-state index contributed by atoms with van der Waals surface area (Å²) in [6.07, 6.45) is 0.577. The maximum absolute atomic E-state index is 12.7. The first kappa shape index (κ1) is 19.2. The molecule has 0 aliphatic carbocycles. The van der Waals surface area contributed by atoms with E-state index in [1.165, 1.54) is 6.92 Å². The number of benzene rings is 2. The quantitative estimate of drug-likeness (QED) is 0.475. The van der Waals surface area contributed by atoms with Crippen LogP contribution >= 0.6 is 0 Å². The topological polar surface area (TPSA) is 77.8 Å². The third-order valence-corrected chi connectivity index (χ3v) is 4.08. The number of rotatable bonds is 8. The van der Waals surface area contributed by atoms with Crippen LogP contribution in [0.25, 0.3) is 11.0 Å². The second-order valence-corrected chi connectivity index (χ2v) is 6.09. The van der Waals surface area contributed by atoms with Crippen LogP contribution in [0.5, 0.6) is 5.75 Å². The van der Waals surface area contributed by atoms with Crippen molar-refractivity contribution in [3.8, 4) is 5.75 Å². The fourth-order valence-corrected chi connectivity index (χ4v) is 2.66. The molecule has 0 aliphatic heterocycles. The molecule has 1 heterocycles. The summed E-state index contributed by atoms with van der Waals surface area (Å²) in [5.41, 5.74) is 1.12. The standard InChI is InChI=1S/C22H21NO5/c1-3-13-23-21(24)15(2)27-22(25)20-18(14-26-16-9-5-4-6-10-16)17-11-7-8-12-19(17)28-20/h3-12,15H,1,13-14H2,2H3,(H,23,24)/t15-/m0/s1. The SMILES string of the molecule is C=CCNC(=O)[C@H](C)OC(=O)c1oc2ccccc2c1COc1ccccc1. The Morgan fingerprint density at radius 2 is 1.86 bits per heavy atom. The lowest BCUT2D eigenvalue weighted by molar-refractivity contribution is -0.128. The van der Waals surface area contributed by atoms with E-state index < -0.39 is 18.0 Å². The molecule has 1 aromatic heterocycles. The van der Waals surface area contributed by atoms with Crippen molar-refractivity contribution >= 4 is 22.8 Å². The molecular formula is C22H21NO5. The Bertz CT molecular complexity index is 977. The zero-order valence-corrected chi connectivity index (χ0v) is 15.5. The van der Waals surface area contributed by atoms with Crippen molar-refractivity contribution in [3.05, 3.63) is 78.6 Å². The van der Waals surface area contributed by atoms with Crippen molar-refractivity contribution in [1.82, 2.24) is 5.32 Å². The number of para-hydroxylation sites is 2. The molecule has 0 spiro atoms. The number of ether oxygens (including phenoxy) is 2. The first-order chi connectivity index (χ1) is 13.6. The number of hydrogen-bond acceptors (Lipinski definition) is 5. The second-order valence-electron chi connectivity index (χ2n) is 6.09. The minimum absolute atomic E-state index is 0.0282. The summed E-state index contributed by atoms with van der Waals surface area (Å²) >= 11 is 0. The number of nitrogens with one attached hydrogen (secondary N) is 1. The summed E-state index contributed by atoms with van der Waals surface area (Å²) in [6.45, 7) is 5.45. The van der Waals surface area contributed by atoms with Crippen molar-refractivity contribution in [3.63, 3.8) is 0 Å². The third kappa shape index (κ3) is 4.40. The number of furan rings is 1. The van der Waals surface area contributed by atoms with Crippen LogP contribution in [0.1, 0.15) is 23.0 Å². The molecule has 0 saturated heterocycles. The van der Waals surface area contributed by atoms with Gasteiger partial charge in [0.1, 0.15) is 17.9 Å². The Balaban J connectivity index is 1.82. The molecule has 6 heteroatoms. The van der Waals surface area contributed by atoms with Crippen molar-refractivity contribution in [1.29, 1.82) is 0 Å². The van der Waals surface area contributed by atoms with Crippen molar-refractivity contribution < 1.29 is 23.5 Å². The van der Waals surface area contributed by atoms with Gasteiger partial charge >= 0.3 is 5.97 Å². The average Bonchev–Trinajstić information content (AvgIpc) is 3.10. The van der Waals surface area contributed by atoms with Gasteiger partial charge in [-0.25, -0.2) is 4.79 Å². The highest BCUT2D eigenvalue weighted by molar-refractivity contribution is 5.97. The molecule has 0 aliphatic rings. The molecule has 3 aromatic rings. The summed E-state index contributed by atoms with van der Waals surface area (Å²) < 4.78 is 16.8. The van der Waals surface area contributed by atoms with Gasteiger partial charge in [0.2, 0.25) is 5.76 Å². The van der Waals surface area contributed by atoms with Gasteiger partial charge < -0.3 is 19.2 Å². The Morgan fingerprint density at radius 3 is 2.61 bits per heavy atom. The monoisotopic (exact) mass is 379 g/mol. The van der Waals surface area contributed by atoms with E-state index in [2.05, 4.69) is 11.9 Å². The molecular weight excluding hydrogens is 358 g/mol. The molecule has 0 radical (unpaired) electrons. The molecule has 0 fully saturated rings. The first-order valence-corrected chi connectivity index (χ1v) is 8.88. The van der Waals surface area contributed by atoms with Gasteiger partial charge in [-0.2, -0.15) is 0 Å². The highest BCUT2D eigenvalue weighted by Gasteiger charge is 2.26. The molecule has 3 rings (SSSR count). The zero-order valence-electron chi connectivity index (χ0n) is 15.5. The van der Waals surface area contributed by atoms with Gasteiger partial charge in [-0.3, -0.25) is 4.79 Å². The maximum Gasteiger partial charge on any atom is 0.375 e. The maximum atomic E-state index is 12.7. The summed E-state index contributed by atoms with van der Waals surface area (Å²) in [5.74, 6) is -0.430. The minimum atomic E-state index is -0.969. The van der Waals surface area contributed by atoms with Gasteiger partial charge in [0.15, 0.2) is 6.10 Å². The van der Waals surface area contributed by atoms with Crippen LogP contribution in [-0.4, -0.2) is 24.5 Å². The summed E-state index contributed by atoms with van der Waals surface area (Å²) in [4.78, 5) is 24.6. The van der Waals surface area contributed by atoms with Crippen LogP contribution in [-0.2, 0) is 16.1 Å². The lowest BCUT2D eigenvalue weighted by atomic mass is 10.1. The van der Waals surface area contributed by atoms with Crippen LogP contribution in [0.2, 0.25) is 0 Å².